The third kappa shape index (κ3) is 6.32. The molecule has 0 bridgehead atoms. The zero-order chi connectivity index (χ0) is 27.7. The Hall–Kier alpha value is -2.85. The van der Waals surface area contributed by atoms with Crippen molar-refractivity contribution in [3.63, 3.8) is 0 Å². The number of amides is 4. The van der Waals surface area contributed by atoms with Crippen molar-refractivity contribution in [2.24, 2.45) is 17.8 Å². The number of carbonyl (C=O) groups is 5. The molecule has 1 aromatic carbocycles. The molecule has 210 valence electrons. The first-order valence-corrected chi connectivity index (χ1v) is 14.3. The van der Waals surface area contributed by atoms with Gasteiger partial charge in [-0.15, -0.1) is 0 Å². The number of hydrogen-bond acceptors (Lipinski definition) is 6. The lowest BCUT2D eigenvalue weighted by molar-refractivity contribution is -0.143. The lowest BCUT2D eigenvalue weighted by atomic mass is 9.91. The minimum absolute atomic E-state index is 0.0242. The van der Waals surface area contributed by atoms with Crippen molar-refractivity contribution in [2.45, 2.75) is 63.1 Å². The summed E-state index contributed by atoms with van der Waals surface area (Å²) in [6, 6.07) is 2.71. The number of carbonyl (C=O) groups excluding carboxylic acids is 5. The molecule has 0 aromatic heterocycles. The van der Waals surface area contributed by atoms with Gasteiger partial charge in [0.2, 0.25) is 17.6 Å². The van der Waals surface area contributed by atoms with Gasteiger partial charge in [0, 0.05) is 30.1 Å². The van der Waals surface area contributed by atoms with Crippen LogP contribution in [0.2, 0.25) is 10.0 Å². The molecular weight excluding hydrogens is 547 g/mol. The molecule has 2 saturated heterocycles. The number of rotatable bonds is 10. The van der Waals surface area contributed by atoms with E-state index >= 15 is 0 Å². The molecule has 1 unspecified atom stereocenters. The Morgan fingerprint density at radius 3 is 2.59 bits per heavy atom. The van der Waals surface area contributed by atoms with E-state index in [1.54, 1.807) is 12.1 Å². The maximum absolute atomic E-state index is 13.7. The number of nitrogens with zero attached hydrogens (tertiary/aromatic N) is 1. The minimum Gasteiger partial charge on any atom is -0.482 e. The number of hydrogen-bond donors (Lipinski definition) is 3. The molecule has 1 aromatic rings. The number of halogens is 2. The Morgan fingerprint density at radius 2 is 1.90 bits per heavy atom. The van der Waals surface area contributed by atoms with Gasteiger partial charge in [-0.25, -0.2) is 0 Å². The van der Waals surface area contributed by atoms with Crippen molar-refractivity contribution in [1.82, 2.24) is 20.9 Å². The molecule has 12 heteroatoms. The van der Waals surface area contributed by atoms with Crippen LogP contribution in [0.3, 0.4) is 0 Å². The molecule has 4 fully saturated rings. The van der Waals surface area contributed by atoms with Crippen molar-refractivity contribution in [1.29, 1.82) is 0 Å². The van der Waals surface area contributed by atoms with Gasteiger partial charge in [0.05, 0.1) is 11.1 Å². The number of Topliss-reactive ketones (excluding diaryl/α,β-unsaturated/α-hetero) is 1. The Bertz CT molecular complexity index is 1170. The van der Waals surface area contributed by atoms with Crippen LogP contribution in [-0.4, -0.2) is 72.1 Å². The molecule has 0 spiro atoms. The van der Waals surface area contributed by atoms with Gasteiger partial charge in [-0.3, -0.25) is 24.0 Å². The van der Waals surface area contributed by atoms with Gasteiger partial charge in [-0.05, 0) is 68.6 Å². The van der Waals surface area contributed by atoms with Crippen LogP contribution in [0.5, 0.6) is 5.75 Å². The van der Waals surface area contributed by atoms with E-state index in [0.29, 0.717) is 30.3 Å². The van der Waals surface area contributed by atoms with Crippen molar-refractivity contribution in [3.05, 3.63) is 28.2 Å². The first kappa shape index (κ1) is 27.7. The van der Waals surface area contributed by atoms with E-state index in [9.17, 15) is 24.0 Å². The number of ketones is 1. The summed E-state index contributed by atoms with van der Waals surface area (Å²) in [5.41, 5.74) is 0. The van der Waals surface area contributed by atoms with E-state index < -0.39 is 35.6 Å². The quantitative estimate of drug-likeness (QED) is 0.363. The second kappa shape index (κ2) is 11.7. The summed E-state index contributed by atoms with van der Waals surface area (Å²) in [5.74, 6) is -2.66. The van der Waals surface area contributed by atoms with E-state index in [2.05, 4.69) is 16.0 Å². The van der Waals surface area contributed by atoms with Crippen LogP contribution < -0.4 is 20.7 Å². The first-order valence-electron chi connectivity index (χ1n) is 13.5. The van der Waals surface area contributed by atoms with Crippen LogP contribution in [0.25, 0.3) is 0 Å². The smallest absolute Gasteiger partial charge is 0.289 e. The fourth-order valence-electron chi connectivity index (χ4n) is 6.00. The Balaban J connectivity index is 1.30. The van der Waals surface area contributed by atoms with Crippen LogP contribution >= 0.6 is 23.2 Å². The summed E-state index contributed by atoms with van der Waals surface area (Å²) in [4.78, 5) is 66.5. The monoisotopic (exact) mass is 578 g/mol. The predicted octanol–water partition coefficient (Wildman–Crippen LogP) is 1.86. The Morgan fingerprint density at radius 1 is 1.10 bits per heavy atom. The van der Waals surface area contributed by atoms with Crippen molar-refractivity contribution >= 4 is 52.6 Å². The second-order valence-electron chi connectivity index (χ2n) is 10.9. The maximum Gasteiger partial charge on any atom is 0.289 e. The SMILES string of the molecule is O=C(NC1CC1)C(=O)[C@H](C[C@@H]1CCNC1=O)NC(=O)C1[C@@H]2CCC[C@H]2CN1C(=O)COc1ccc(Cl)cc1Cl. The van der Waals surface area contributed by atoms with Crippen molar-refractivity contribution in [2.75, 3.05) is 19.7 Å². The molecule has 2 heterocycles. The minimum atomic E-state index is -1.16. The maximum atomic E-state index is 13.7. The Kier molecular flexibility index (Phi) is 8.32. The number of fused-ring (bicyclic) bond motifs is 1. The normalized spacial score (nSPS) is 26.5. The molecule has 10 nitrogen and oxygen atoms in total. The molecule has 4 amide bonds. The van der Waals surface area contributed by atoms with Crippen molar-refractivity contribution < 1.29 is 28.7 Å². The topological polar surface area (TPSA) is 134 Å². The summed E-state index contributed by atoms with van der Waals surface area (Å²) in [6.45, 7) is 0.572. The number of benzene rings is 1. The molecule has 2 saturated carbocycles. The highest BCUT2D eigenvalue weighted by atomic mass is 35.5. The third-order valence-electron chi connectivity index (χ3n) is 8.18. The summed E-state index contributed by atoms with van der Waals surface area (Å²) in [7, 11) is 0. The van der Waals surface area contributed by atoms with Gasteiger partial charge in [-0.1, -0.05) is 29.6 Å². The van der Waals surface area contributed by atoms with Crippen LogP contribution in [0.4, 0.5) is 0 Å². The number of ether oxygens (including phenoxy) is 1. The van der Waals surface area contributed by atoms with Crippen LogP contribution in [0.1, 0.15) is 44.9 Å². The van der Waals surface area contributed by atoms with Crippen LogP contribution in [0.15, 0.2) is 18.2 Å². The summed E-state index contributed by atoms with van der Waals surface area (Å²) in [6.07, 6.45) is 4.80. The molecule has 3 N–H and O–H groups in total. The van der Waals surface area contributed by atoms with Gasteiger partial charge in [0.1, 0.15) is 11.8 Å². The lowest BCUT2D eigenvalue weighted by Gasteiger charge is -2.29. The molecule has 5 atom stereocenters. The van der Waals surface area contributed by atoms with E-state index in [0.717, 1.165) is 32.1 Å². The van der Waals surface area contributed by atoms with E-state index in [-0.39, 0.29) is 47.7 Å². The van der Waals surface area contributed by atoms with Gasteiger partial charge in [-0.2, -0.15) is 0 Å². The standard InChI is InChI=1S/C27H32Cl2N4O6/c28-16-4-7-21(19(29)11-16)39-13-22(34)33-12-15-2-1-3-18(15)23(33)26(37)32-20(10-14-8-9-30-25(14)36)24(35)27(38)31-17-5-6-17/h4,7,11,14-15,17-18,20,23H,1-3,5-6,8-10,12-13H2,(H,30,36)(H,31,38)(H,32,37)/t14-,15-,18+,20-,23?/m0/s1. The number of nitrogens with one attached hydrogen (secondary N) is 3. The molecular formula is C27H32Cl2N4O6. The average molecular weight is 579 g/mol. The summed E-state index contributed by atoms with van der Waals surface area (Å²) in [5, 5.41) is 8.88. The molecule has 4 aliphatic rings. The highest BCUT2D eigenvalue weighted by molar-refractivity contribution is 6.38. The molecule has 0 radical (unpaired) electrons. The van der Waals surface area contributed by atoms with E-state index in [1.165, 1.54) is 11.0 Å². The van der Waals surface area contributed by atoms with Crippen LogP contribution in [0, 0.1) is 17.8 Å². The van der Waals surface area contributed by atoms with Gasteiger partial charge in [0.15, 0.2) is 6.61 Å². The van der Waals surface area contributed by atoms with E-state index in [4.69, 9.17) is 27.9 Å². The van der Waals surface area contributed by atoms with E-state index in [1.807, 2.05) is 0 Å². The lowest BCUT2D eigenvalue weighted by Crippen LogP contribution is -2.55. The third-order valence-corrected chi connectivity index (χ3v) is 8.71. The van der Waals surface area contributed by atoms with Crippen molar-refractivity contribution in [3.8, 4) is 5.75 Å². The second-order valence-corrected chi connectivity index (χ2v) is 11.7. The molecule has 39 heavy (non-hydrogen) atoms. The van der Waals surface area contributed by atoms with Crippen LogP contribution in [-0.2, 0) is 24.0 Å². The average Bonchev–Trinajstić information content (AvgIpc) is 3.26. The Labute approximate surface area is 236 Å². The number of likely N-dealkylation sites (tertiary alicyclic amines) is 1. The highest BCUT2D eigenvalue weighted by Gasteiger charge is 2.50. The molecule has 2 aliphatic carbocycles. The fourth-order valence-corrected chi connectivity index (χ4v) is 6.46. The van der Waals surface area contributed by atoms with Gasteiger partial charge < -0.3 is 25.6 Å². The zero-order valence-electron chi connectivity index (χ0n) is 21.4. The zero-order valence-corrected chi connectivity index (χ0v) is 22.9. The first-order chi connectivity index (χ1) is 18.7. The summed E-state index contributed by atoms with van der Waals surface area (Å²) < 4.78 is 5.65. The van der Waals surface area contributed by atoms with Gasteiger partial charge >= 0.3 is 0 Å². The fraction of sp³-hybridized carbons (Fsp3) is 0.593. The molecule has 5 rings (SSSR count). The van der Waals surface area contributed by atoms with Gasteiger partial charge in [0.25, 0.3) is 11.8 Å². The molecule has 2 aliphatic heterocycles. The summed E-state index contributed by atoms with van der Waals surface area (Å²) >= 11 is 12.1. The highest BCUT2D eigenvalue weighted by Crippen LogP contribution is 2.42. The largest absolute Gasteiger partial charge is 0.482 e. The predicted molar refractivity (Wildman–Crippen MR) is 142 cm³/mol.